The fraction of sp³-hybridized carbons (Fsp3) is 0.800. The first-order valence-electron chi connectivity index (χ1n) is 2.41. The number of ether oxygens (including phenoxy) is 1. The molecule has 0 aromatic rings. The summed E-state index contributed by atoms with van der Waals surface area (Å²) in [5.41, 5.74) is 0. The highest BCUT2D eigenvalue weighted by molar-refractivity contribution is 4.66. The number of hydrogen-bond acceptors (Lipinski definition) is 3. The molecule has 46 valence electrons. The van der Waals surface area contributed by atoms with Crippen LogP contribution in [-0.2, 0) is 4.74 Å². The van der Waals surface area contributed by atoms with E-state index in [1.165, 1.54) is 4.90 Å². The zero-order chi connectivity index (χ0) is 6.41. The molecule has 0 saturated heterocycles. The van der Waals surface area contributed by atoms with Gasteiger partial charge in [0.15, 0.2) is 6.19 Å². The molecule has 8 heavy (non-hydrogen) atoms. The molecule has 0 aliphatic carbocycles. The van der Waals surface area contributed by atoms with Gasteiger partial charge in [-0.05, 0) is 0 Å². The number of hydrogen-bond donors (Lipinski definition) is 0. The Morgan fingerprint density at radius 1 is 1.75 bits per heavy atom. The van der Waals surface area contributed by atoms with Crippen LogP contribution in [0, 0.1) is 11.5 Å². The number of rotatable bonds is 3. The summed E-state index contributed by atoms with van der Waals surface area (Å²) in [7, 11) is 3.34. The lowest BCUT2D eigenvalue weighted by atomic mass is 10.6. The Hall–Kier alpha value is -0.750. The highest BCUT2D eigenvalue weighted by Crippen LogP contribution is 1.75. The van der Waals surface area contributed by atoms with E-state index in [9.17, 15) is 0 Å². The molecule has 0 rings (SSSR count). The largest absolute Gasteiger partial charge is 0.383 e. The van der Waals surface area contributed by atoms with Crippen molar-refractivity contribution < 1.29 is 4.74 Å². The van der Waals surface area contributed by atoms with Crippen LogP contribution in [-0.4, -0.2) is 32.2 Å². The van der Waals surface area contributed by atoms with Crippen molar-refractivity contribution in [2.75, 3.05) is 27.3 Å². The standard InChI is InChI=1S/C5H10N2O/c1-7(5-6)3-4-8-2/h3-4H2,1-2H3. The van der Waals surface area contributed by atoms with Crippen molar-refractivity contribution in [2.45, 2.75) is 0 Å². The third kappa shape index (κ3) is 3.44. The van der Waals surface area contributed by atoms with Crippen LogP contribution in [0.3, 0.4) is 0 Å². The Bertz CT molecular complexity index is 86.9. The van der Waals surface area contributed by atoms with Gasteiger partial charge in [-0.15, -0.1) is 0 Å². The number of nitriles is 1. The van der Waals surface area contributed by atoms with Crippen LogP contribution < -0.4 is 0 Å². The fourth-order valence-corrected chi connectivity index (χ4v) is 0.278. The van der Waals surface area contributed by atoms with Crippen LogP contribution in [0.15, 0.2) is 0 Å². The third-order valence-corrected chi connectivity index (χ3v) is 0.802. The maximum Gasteiger partial charge on any atom is 0.179 e. The second-order valence-corrected chi connectivity index (χ2v) is 1.51. The molecule has 0 amide bonds. The average molecular weight is 114 g/mol. The minimum atomic E-state index is 0.615. The van der Waals surface area contributed by atoms with Gasteiger partial charge in [0, 0.05) is 14.2 Å². The first kappa shape index (κ1) is 7.25. The number of nitrogens with zero attached hydrogens (tertiary/aromatic N) is 2. The van der Waals surface area contributed by atoms with Crippen molar-refractivity contribution in [1.82, 2.24) is 4.90 Å². The van der Waals surface area contributed by atoms with Gasteiger partial charge < -0.3 is 9.64 Å². The zero-order valence-electron chi connectivity index (χ0n) is 5.22. The van der Waals surface area contributed by atoms with Crippen LogP contribution in [0.2, 0.25) is 0 Å². The normalized spacial score (nSPS) is 8.12. The molecule has 0 heterocycles. The summed E-state index contributed by atoms with van der Waals surface area (Å²) in [4.78, 5) is 1.52. The number of likely N-dealkylation sites (N-methyl/N-ethyl adjacent to an activating group) is 1. The maximum absolute atomic E-state index is 8.18. The van der Waals surface area contributed by atoms with Gasteiger partial charge in [-0.25, -0.2) is 0 Å². The molecule has 0 radical (unpaired) electrons. The van der Waals surface area contributed by atoms with E-state index in [2.05, 4.69) is 0 Å². The van der Waals surface area contributed by atoms with E-state index in [0.29, 0.717) is 13.2 Å². The van der Waals surface area contributed by atoms with Crippen molar-refractivity contribution in [3.8, 4) is 6.19 Å². The molecule has 0 aromatic carbocycles. The van der Waals surface area contributed by atoms with Gasteiger partial charge in [-0.2, -0.15) is 5.26 Å². The SMILES string of the molecule is COCCN(C)C#N. The van der Waals surface area contributed by atoms with Crippen LogP contribution in [0.1, 0.15) is 0 Å². The van der Waals surface area contributed by atoms with Gasteiger partial charge in [0.25, 0.3) is 0 Å². The van der Waals surface area contributed by atoms with E-state index >= 15 is 0 Å². The molecule has 0 spiro atoms. The molecule has 0 aromatic heterocycles. The Labute approximate surface area is 49.5 Å². The summed E-state index contributed by atoms with van der Waals surface area (Å²) in [6.07, 6.45) is 1.95. The molecule has 3 nitrogen and oxygen atoms in total. The van der Waals surface area contributed by atoms with Crippen LogP contribution in [0.25, 0.3) is 0 Å². The second-order valence-electron chi connectivity index (χ2n) is 1.51. The summed E-state index contributed by atoms with van der Waals surface area (Å²) in [5, 5.41) is 8.18. The summed E-state index contributed by atoms with van der Waals surface area (Å²) in [6, 6.07) is 0. The van der Waals surface area contributed by atoms with Crippen molar-refractivity contribution in [3.05, 3.63) is 0 Å². The van der Waals surface area contributed by atoms with Crippen LogP contribution in [0.5, 0.6) is 0 Å². The van der Waals surface area contributed by atoms with Gasteiger partial charge >= 0.3 is 0 Å². The van der Waals surface area contributed by atoms with Gasteiger partial charge in [0.05, 0.1) is 13.2 Å². The molecular weight excluding hydrogens is 104 g/mol. The maximum atomic E-state index is 8.18. The first-order valence-corrected chi connectivity index (χ1v) is 2.41. The van der Waals surface area contributed by atoms with E-state index in [-0.39, 0.29) is 0 Å². The van der Waals surface area contributed by atoms with Crippen molar-refractivity contribution in [1.29, 1.82) is 5.26 Å². The van der Waals surface area contributed by atoms with Gasteiger partial charge in [0.2, 0.25) is 0 Å². The molecule has 0 aliphatic rings. The zero-order valence-corrected chi connectivity index (χ0v) is 5.22. The highest BCUT2D eigenvalue weighted by Gasteiger charge is 1.88. The Balaban J connectivity index is 3.02. The predicted molar refractivity (Wildman–Crippen MR) is 30.1 cm³/mol. The van der Waals surface area contributed by atoms with E-state index < -0.39 is 0 Å². The first-order chi connectivity index (χ1) is 3.81. The predicted octanol–water partition coefficient (Wildman–Crippen LogP) is 0.0457. The quantitative estimate of drug-likeness (QED) is 0.384. The van der Waals surface area contributed by atoms with Crippen molar-refractivity contribution in [3.63, 3.8) is 0 Å². The van der Waals surface area contributed by atoms with Gasteiger partial charge in [-0.3, -0.25) is 0 Å². The summed E-state index contributed by atoms with van der Waals surface area (Å²) < 4.78 is 4.72. The minimum Gasteiger partial charge on any atom is -0.383 e. The smallest absolute Gasteiger partial charge is 0.179 e. The topological polar surface area (TPSA) is 36.3 Å². The van der Waals surface area contributed by atoms with E-state index in [1.807, 2.05) is 6.19 Å². The molecule has 3 heteroatoms. The van der Waals surface area contributed by atoms with Crippen LogP contribution in [0.4, 0.5) is 0 Å². The second kappa shape index (κ2) is 4.41. The molecule has 0 atom stereocenters. The molecule has 0 N–H and O–H groups in total. The Kier molecular flexibility index (Phi) is 4.00. The molecule has 0 unspecified atom stereocenters. The summed E-state index contributed by atoms with van der Waals surface area (Å²) >= 11 is 0. The number of methoxy groups -OCH3 is 1. The van der Waals surface area contributed by atoms with Gasteiger partial charge in [0.1, 0.15) is 0 Å². The monoisotopic (exact) mass is 114 g/mol. The fourth-order valence-electron chi connectivity index (χ4n) is 0.278. The summed E-state index contributed by atoms with van der Waals surface area (Å²) in [5.74, 6) is 0. The van der Waals surface area contributed by atoms with Gasteiger partial charge in [-0.1, -0.05) is 0 Å². The minimum absolute atomic E-state index is 0.615. The van der Waals surface area contributed by atoms with E-state index in [0.717, 1.165) is 0 Å². The van der Waals surface area contributed by atoms with Crippen LogP contribution >= 0.6 is 0 Å². The lowest BCUT2D eigenvalue weighted by Crippen LogP contribution is -2.16. The summed E-state index contributed by atoms with van der Waals surface area (Å²) in [6.45, 7) is 1.29. The van der Waals surface area contributed by atoms with E-state index in [4.69, 9.17) is 10.00 Å². The van der Waals surface area contributed by atoms with Crippen molar-refractivity contribution in [2.24, 2.45) is 0 Å². The molecule has 0 bridgehead atoms. The lowest BCUT2D eigenvalue weighted by molar-refractivity contribution is 0.180. The van der Waals surface area contributed by atoms with E-state index in [1.54, 1.807) is 14.2 Å². The van der Waals surface area contributed by atoms with Crippen molar-refractivity contribution >= 4 is 0 Å². The highest BCUT2D eigenvalue weighted by atomic mass is 16.5. The molecule has 0 fully saturated rings. The Morgan fingerprint density at radius 3 is 2.75 bits per heavy atom. The molecule has 0 saturated carbocycles. The third-order valence-electron chi connectivity index (χ3n) is 0.802. The lowest BCUT2D eigenvalue weighted by Gasteiger charge is -2.05. The molecular formula is C5H10N2O. The molecule has 0 aliphatic heterocycles. The Morgan fingerprint density at radius 2 is 2.38 bits per heavy atom. The average Bonchev–Trinajstić information content (AvgIpc) is 1.83.